The van der Waals surface area contributed by atoms with Gasteiger partial charge in [-0.3, -0.25) is 4.79 Å². The molecule has 2 aromatic carbocycles. The molecule has 0 radical (unpaired) electrons. The maximum absolute atomic E-state index is 13.5. The third kappa shape index (κ3) is 5.25. The first kappa shape index (κ1) is 25.0. The Balaban J connectivity index is 1.60. The highest BCUT2D eigenvalue weighted by molar-refractivity contribution is 6.35. The molecule has 0 bridgehead atoms. The highest BCUT2D eigenvalue weighted by Crippen LogP contribution is 2.52. The van der Waals surface area contributed by atoms with E-state index in [2.05, 4.69) is 12.2 Å². The van der Waals surface area contributed by atoms with Crippen LogP contribution in [0.4, 0.5) is 8.78 Å². The Kier molecular flexibility index (Phi) is 7.51. The third-order valence-electron chi connectivity index (χ3n) is 6.73. The Bertz CT molecular complexity index is 1200. The van der Waals surface area contributed by atoms with E-state index in [1.165, 1.54) is 11.6 Å². The molecule has 2 aliphatic rings. The Morgan fingerprint density at radius 1 is 1.09 bits per heavy atom. The number of hydrogen-bond donors (Lipinski definition) is 1. The van der Waals surface area contributed by atoms with Crippen LogP contribution in [0.25, 0.3) is 5.57 Å². The monoisotopic (exact) mass is 521 g/mol. The Labute approximate surface area is 213 Å². The summed E-state index contributed by atoms with van der Waals surface area (Å²) in [5, 5.41) is 4.79. The van der Waals surface area contributed by atoms with E-state index in [9.17, 15) is 13.6 Å². The lowest BCUT2D eigenvalue weighted by Gasteiger charge is -2.40. The molecule has 0 heterocycles. The zero-order valence-electron chi connectivity index (χ0n) is 18.6. The summed E-state index contributed by atoms with van der Waals surface area (Å²) in [6.07, 6.45) is 6.26. The van der Waals surface area contributed by atoms with Gasteiger partial charge in [0.25, 0.3) is 0 Å². The lowest BCUT2D eigenvalue weighted by Crippen LogP contribution is -2.35. The number of allylic oxidation sites excluding steroid dienone is 6. The zero-order chi connectivity index (χ0) is 24.5. The van der Waals surface area contributed by atoms with Crippen molar-refractivity contribution in [1.29, 1.82) is 0 Å². The van der Waals surface area contributed by atoms with E-state index < -0.39 is 17.0 Å². The lowest BCUT2D eigenvalue weighted by molar-refractivity contribution is -0.125. The highest BCUT2D eigenvalue weighted by Gasteiger charge is 2.40. The van der Waals surface area contributed by atoms with Gasteiger partial charge in [0.05, 0.1) is 0 Å². The van der Waals surface area contributed by atoms with E-state index in [4.69, 9.17) is 34.8 Å². The van der Waals surface area contributed by atoms with Crippen molar-refractivity contribution in [2.45, 2.75) is 39.2 Å². The van der Waals surface area contributed by atoms with Crippen molar-refractivity contribution in [1.82, 2.24) is 5.32 Å². The predicted octanol–water partition coefficient (Wildman–Crippen LogP) is 8.14. The zero-order valence-corrected chi connectivity index (χ0v) is 20.9. The van der Waals surface area contributed by atoms with Crippen LogP contribution in [0.15, 0.2) is 70.3 Å². The number of halogens is 5. The number of hydrogen-bond acceptors (Lipinski definition) is 1. The molecule has 2 unspecified atom stereocenters. The summed E-state index contributed by atoms with van der Waals surface area (Å²) in [5.41, 5.74) is 3.36. The van der Waals surface area contributed by atoms with Crippen LogP contribution < -0.4 is 5.32 Å². The van der Waals surface area contributed by atoms with Crippen molar-refractivity contribution in [2.75, 3.05) is 0 Å². The summed E-state index contributed by atoms with van der Waals surface area (Å²) in [6, 6.07) is 11.3. The van der Waals surface area contributed by atoms with Crippen LogP contribution >= 0.6 is 34.8 Å². The summed E-state index contributed by atoms with van der Waals surface area (Å²) < 4.78 is 26.7. The van der Waals surface area contributed by atoms with Crippen LogP contribution in [0.1, 0.15) is 43.7 Å². The molecule has 2 aliphatic carbocycles. The van der Waals surface area contributed by atoms with Crippen molar-refractivity contribution in [3.05, 3.63) is 98.0 Å². The Hall–Kier alpha value is -2.14. The number of amides is 1. The van der Waals surface area contributed by atoms with Gasteiger partial charge in [-0.25, -0.2) is 8.78 Å². The van der Waals surface area contributed by atoms with E-state index in [1.807, 2.05) is 30.3 Å². The van der Waals surface area contributed by atoms with Crippen molar-refractivity contribution in [3.63, 3.8) is 0 Å². The second kappa shape index (κ2) is 10.2. The number of nitrogens with one attached hydrogen (secondary N) is 1. The molecule has 0 saturated carbocycles. The minimum atomic E-state index is -0.930. The fraction of sp³-hybridized carbons (Fsp3) is 0.296. The van der Waals surface area contributed by atoms with Crippen LogP contribution in [-0.2, 0) is 11.3 Å². The minimum Gasteiger partial charge on any atom is -0.352 e. The van der Waals surface area contributed by atoms with E-state index in [1.54, 1.807) is 6.08 Å². The highest BCUT2D eigenvalue weighted by atomic mass is 35.5. The Morgan fingerprint density at radius 2 is 1.82 bits per heavy atom. The van der Waals surface area contributed by atoms with E-state index in [0.29, 0.717) is 46.3 Å². The Morgan fingerprint density at radius 3 is 2.50 bits per heavy atom. The van der Waals surface area contributed by atoms with Gasteiger partial charge in [-0.15, -0.1) is 0 Å². The number of carbonyl (C=O) groups is 1. The molecule has 0 spiro atoms. The molecular formula is C27H24Cl3F2NO. The van der Waals surface area contributed by atoms with Gasteiger partial charge in [-0.05, 0) is 72.7 Å². The van der Waals surface area contributed by atoms with E-state index in [0.717, 1.165) is 23.3 Å². The maximum atomic E-state index is 13.5. The molecule has 1 amide bonds. The van der Waals surface area contributed by atoms with Crippen molar-refractivity contribution >= 4 is 46.3 Å². The predicted molar refractivity (Wildman–Crippen MR) is 135 cm³/mol. The van der Waals surface area contributed by atoms with Gasteiger partial charge in [0.15, 0.2) is 11.6 Å². The van der Waals surface area contributed by atoms with Gasteiger partial charge in [0.1, 0.15) is 0 Å². The molecule has 7 heteroatoms. The van der Waals surface area contributed by atoms with Crippen LogP contribution in [0.3, 0.4) is 0 Å². The molecule has 4 rings (SSSR count). The second-order valence-corrected chi connectivity index (χ2v) is 10.3. The van der Waals surface area contributed by atoms with Gasteiger partial charge in [-0.1, -0.05) is 71.6 Å². The second-order valence-electron chi connectivity index (χ2n) is 8.99. The summed E-state index contributed by atoms with van der Waals surface area (Å²) in [4.78, 5) is 13.1. The molecule has 34 heavy (non-hydrogen) atoms. The van der Waals surface area contributed by atoms with Crippen molar-refractivity contribution < 1.29 is 13.6 Å². The number of benzene rings is 2. The molecule has 0 fully saturated rings. The topological polar surface area (TPSA) is 29.1 Å². The quantitative estimate of drug-likeness (QED) is 0.422. The number of carbonyl (C=O) groups excluding carboxylic acids is 1. The molecule has 2 nitrogen and oxygen atoms in total. The van der Waals surface area contributed by atoms with E-state index >= 15 is 0 Å². The molecular weight excluding hydrogens is 499 g/mol. The average molecular weight is 523 g/mol. The summed E-state index contributed by atoms with van der Waals surface area (Å²) in [5.74, 6) is -2.23. The fourth-order valence-corrected chi connectivity index (χ4v) is 5.36. The molecule has 0 aromatic heterocycles. The average Bonchev–Trinajstić information content (AvgIpc) is 2.82. The van der Waals surface area contributed by atoms with Crippen molar-refractivity contribution in [2.24, 2.45) is 11.3 Å². The van der Waals surface area contributed by atoms with Crippen LogP contribution in [0, 0.1) is 23.0 Å². The van der Waals surface area contributed by atoms with Gasteiger partial charge in [-0.2, -0.15) is 0 Å². The first-order chi connectivity index (χ1) is 16.2. The first-order valence-electron chi connectivity index (χ1n) is 11.1. The molecule has 1 N–H and O–H groups in total. The van der Waals surface area contributed by atoms with Gasteiger partial charge >= 0.3 is 0 Å². The molecule has 2 aromatic rings. The van der Waals surface area contributed by atoms with E-state index in [-0.39, 0.29) is 18.4 Å². The summed E-state index contributed by atoms with van der Waals surface area (Å²) in [7, 11) is 0. The van der Waals surface area contributed by atoms with Gasteiger partial charge in [0.2, 0.25) is 5.91 Å². The minimum absolute atomic E-state index is 0.120. The van der Waals surface area contributed by atoms with Gasteiger partial charge < -0.3 is 5.32 Å². The summed E-state index contributed by atoms with van der Waals surface area (Å²) >= 11 is 19.0. The first-order valence-corrected chi connectivity index (χ1v) is 12.2. The van der Waals surface area contributed by atoms with Crippen LogP contribution in [-0.4, -0.2) is 5.91 Å². The largest absolute Gasteiger partial charge is 0.352 e. The standard InChI is InChI=1S/C27H24Cl3F2NO/c1-27(11-10-20(29)14-25(27)30)22-13-18(5-8-21(22)17-3-6-19(28)7-4-17)26(34)33-15-16-2-9-23(31)24(32)12-16/h2-4,6-7,9-10,12,14,18H,5,8,11,13,15H2,1H3,(H,33,34). The van der Waals surface area contributed by atoms with Crippen molar-refractivity contribution in [3.8, 4) is 0 Å². The normalized spacial score (nSPS) is 22.8. The SMILES string of the molecule is CC1(C2=C(c3ccc(Cl)cc3)CCC(C(=O)NCc3ccc(F)c(F)c3)C2)CC=C(Cl)C=C1Cl. The molecule has 2 atom stereocenters. The maximum Gasteiger partial charge on any atom is 0.223 e. The van der Waals surface area contributed by atoms with Crippen LogP contribution in [0.2, 0.25) is 5.02 Å². The fourth-order valence-electron chi connectivity index (χ4n) is 4.68. The lowest BCUT2D eigenvalue weighted by atomic mass is 9.67. The summed E-state index contributed by atoms with van der Waals surface area (Å²) in [6.45, 7) is 2.21. The number of rotatable bonds is 5. The third-order valence-corrected chi connectivity index (χ3v) is 7.78. The van der Waals surface area contributed by atoms with Gasteiger partial charge in [0, 0.05) is 33.0 Å². The molecule has 0 saturated heterocycles. The van der Waals surface area contributed by atoms with Crippen LogP contribution in [0.5, 0.6) is 0 Å². The molecule has 178 valence electrons. The molecule has 0 aliphatic heterocycles. The smallest absolute Gasteiger partial charge is 0.223 e.